The average molecular weight is 383 g/mol. The van der Waals surface area contributed by atoms with Crippen molar-refractivity contribution in [2.75, 3.05) is 12.3 Å². The highest BCUT2D eigenvalue weighted by Gasteiger charge is 2.23. The summed E-state index contributed by atoms with van der Waals surface area (Å²) >= 11 is 2.93. The van der Waals surface area contributed by atoms with Crippen LogP contribution in [0.5, 0.6) is 0 Å². The molecule has 5 nitrogen and oxygen atoms in total. The number of rotatable bonds is 7. The van der Waals surface area contributed by atoms with Crippen LogP contribution >= 0.6 is 15.9 Å². The summed E-state index contributed by atoms with van der Waals surface area (Å²) in [5, 5.41) is 9.96. The molecule has 0 aliphatic carbocycles. The number of nitrogens with two attached hydrogens (primary N) is 1. The lowest BCUT2D eigenvalue weighted by atomic mass is 9.97. The maximum Gasteiger partial charge on any atom is 0.242 e. The van der Waals surface area contributed by atoms with E-state index in [1.165, 1.54) is 0 Å². The van der Waals surface area contributed by atoms with Gasteiger partial charge in [-0.1, -0.05) is 26.7 Å². The first-order chi connectivity index (χ1) is 9.72. The molecule has 0 aliphatic heterocycles. The predicted molar refractivity (Wildman–Crippen MR) is 83.8 cm³/mol. The van der Waals surface area contributed by atoms with E-state index < -0.39 is 21.9 Å². The predicted octanol–water partition coefficient (Wildman–Crippen LogP) is 2.25. The highest BCUT2D eigenvalue weighted by molar-refractivity contribution is 9.10. The number of aliphatic hydroxyl groups excluding tert-OH is 1. The molecule has 0 aromatic heterocycles. The highest BCUT2D eigenvalue weighted by Crippen LogP contribution is 2.26. The van der Waals surface area contributed by atoms with E-state index in [2.05, 4.69) is 20.7 Å². The van der Waals surface area contributed by atoms with Crippen molar-refractivity contribution in [3.05, 3.63) is 22.4 Å². The number of aliphatic hydroxyl groups is 1. The van der Waals surface area contributed by atoms with Gasteiger partial charge in [-0.15, -0.1) is 0 Å². The SMILES string of the molecule is CCC(CC)C(O)CNS(=O)(=O)c1cc(Br)c(F)cc1N. The number of anilines is 1. The first-order valence-electron chi connectivity index (χ1n) is 6.65. The summed E-state index contributed by atoms with van der Waals surface area (Å²) < 4.78 is 39.9. The van der Waals surface area contributed by atoms with E-state index in [9.17, 15) is 17.9 Å². The van der Waals surface area contributed by atoms with E-state index in [-0.39, 0.29) is 27.5 Å². The molecule has 0 saturated heterocycles. The molecule has 21 heavy (non-hydrogen) atoms. The van der Waals surface area contributed by atoms with Crippen molar-refractivity contribution < 1.29 is 17.9 Å². The molecule has 0 heterocycles. The van der Waals surface area contributed by atoms with Gasteiger partial charge in [-0.05, 0) is 34.0 Å². The van der Waals surface area contributed by atoms with Crippen LogP contribution in [0.1, 0.15) is 26.7 Å². The zero-order chi connectivity index (χ0) is 16.2. The fourth-order valence-corrected chi connectivity index (χ4v) is 3.73. The number of hydrogen-bond donors (Lipinski definition) is 3. The van der Waals surface area contributed by atoms with Crippen LogP contribution in [0, 0.1) is 11.7 Å². The maximum atomic E-state index is 13.3. The van der Waals surface area contributed by atoms with Gasteiger partial charge in [0.1, 0.15) is 10.7 Å². The quantitative estimate of drug-likeness (QED) is 0.630. The molecule has 8 heteroatoms. The Balaban J connectivity index is 2.90. The largest absolute Gasteiger partial charge is 0.398 e. The van der Waals surface area contributed by atoms with Crippen LogP contribution in [0.3, 0.4) is 0 Å². The van der Waals surface area contributed by atoms with Crippen LogP contribution in [0.15, 0.2) is 21.5 Å². The van der Waals surface area contributed by atoms with Crippen LogP contribution in [0.2, 0.25) is 0 Å². The molecule has 1 atom stereocenters. The third-order valence-corrected chi connectivity index (χ3v) is 5.50. The van der Waals surface area contributed by atoms with Gasteiger partial charge in [0.25, 0.3) is 0 Å². The number of nitrogens with one attached hydrogen (secondary N) is 1. The van der Waals surface area contributed by atoms with E-state index >= 15 is 0 Å². The Labute approximate surface area is 132 Å². The van der Waals surface area contributed by atoms with Gasteiger partial charge in [0.15, 0.2) is 0 Å². The molecule has 120 valence electrons. The van der Waals surface area contributed by atoms with Gasteiger partial charge in [0.2, 0.25) is 10.0 Å². The minimum atomic E-state index is -3.91. The number of sulfonamides is 1. The van der Waals surface area contributed by atoms with E-state index in [0.717, 1.165) is 25.0 Å². The van der Waals surface area contributed by atoms with Crippen LogP contribution in [0.4, 0.5) is 10.1 Å². The van der Waals surface area contributed by atoms with Gasteiger partial charge >= 0.3 is 0 Å². The lowest BCUT2D eigenvalue weighted by Gasteiger charge is -2.20. The smallest absolute Gasteiger partial charge is 0.242 e. The van der Waals surface area contributed by atoms with Crippen molar-refractivity contribution in [1.29, 1.82) is 0 Å². The Bertz CT molecular complexity index is 591. The summed E-state index contributed by atoms with van der Waals surface area (Å²) in [5.74, 6) is -0.617. The molecule has 1 aromatic rings. The van der Waals surface area contributed by atoms with Crippen molar-refractivity contribution in [3.63, 3.8) is 0 Å². The van der Waals surface area contributed by atoms with Crippen molar-refractivity contribution in [2.45, 2.75) is 37.7 Å². The van der Waals surface area contributed by atoms with Crippen LogP contribution < -0.4 is 10.5 Å². The molecule has 1 aromatic carbocycles. The minimum absolute atomic E-state index is 0.0117. The van der Waals surface area contributed by atoms with Gasteiger partial charge in [-0.25, -0.2) is 17.5 Å². The van der Waals surface area contributed by atoms with E-state index in [1.54, 1.807) is 0 Å². The molecule has 0 saturated carbocycles. The van der Waals surface area contributed by atoms with Gasteiger partial charge in [-0.2, -0.15) is 0 Å². The van der Waals surface area contributed by atoms with E-state index in [4.69, 9.17) is 5.73 Å². The molecule has 1 rings (SSSR count). The standard InChI is InChI=1S/C13H20BrFN2O3S/c1-3-8(4-2)12(18)7-17-21(19,20)13-5-9(14)10(15)6-11(13)16/h5-6,8,12,17-18H,3-4,7,16H2,1-2H3. The third-order valence-electron chi connectivity index (χ3n) is 3.42. The summed E-state index contributed by atoms with van der Waals surface area (Å²) in [5.41, 5.74) is 5.37. The Hall–Kier alpha value is -0.700. The lowest BCUT2D eigenvalue weighted by molar-refractivity contribution is 0.107. The molecular weight excluding hydrogens is 363 g/mol. The normalized spacial score (nSPS) is 13.6. The Kier molecular flexibility index (Phi) is 6.58. The fraction of sp³-hybridized carbons (Fsp3) is 0.538. The summed E-state index contributed by atoms with van der Waals surface area (Å²) in [6.45, 7) is 3.75. The van der Waals surface area contributed by atoms with Gasteiger partial charge < -0.3 is 10.8 Å². The highest BCUT2D eigenvalue weighted by atomic mass is 79.9. The van der Waals surface area contributed by atoms with Gasteiger partial charge in [0, 0.05) is 6.54 Å². The number of nitrogen functional groups attached to an aromatic ring is 1. The summed E-state index contributed by atoms with van der Waals surface area (Å²) in [7, 11) is -3.91. The first kappa shape index (κ1) is 18.3. The molecule has 0 amide bonds. The minimum Gasteiger partial charge on any atom is -0.398 e. The molecule has 0 spiro atoms. The molecule has 4 N–H and O–H groups in total. The Morgan fingerprint density at radius 1 is 1.38 bits per heavy atom. The Morgan fingerprint density at radius 2 is 1.95 bits per heavy atom. The van der Waals surface area contributed by atoms with Crippen molar-refractivity contribution >= 4 is 31.6 Å². The third kappa shape index (κ3) is 4.64. The van der Waals surface area contributed by atoms with Crippen molar-refractivity contribution in [3.8, 4) is 0 Å². The van der Waals surface area contributed by atoms with Crippen molar-refractivity contribution in [2.24, 2.45) is 5.92 Å². The van der Waals surface area contributed by atoms with Crippen LogP contribution in [0.25, 0.3) is 0 Å². The zero-order valence-electron chi connectivity index (χ0n) is 11.9. The number of benzene rings is 1. The van der Waals surface area contributed by atoms with Gasteiger partial charge in [0.05, 0.1) is 16.3 Å². The Morgan fingerprint density at radius 3 is 2.48 bits per heavy atom. The van der Waals surface area contributed by atoms with E-state index in [1.807, 2.05) is 13.8 Å². The average Bonchev–Trinajstić information content (AvgIpc) is 2.42. The van der Waals surface area contributed by atoms with Gasteiger partial charge in [-0.3, -0.25) is 0 Å². The van der Waals surface area contributed by atoms with Crippen LogP contribution in [-0.4, -0.2) is 26.2 Å². The summed E-state index contributed by atoms with van der Waals surface area (Å²) in [6, 6.07) is 2.05. The number of hydrogen-bond acceptors (Lipinski definition) is 4. The summed E-state index contributed by atoms with van der Waals surface area (Å²) in [6.07, 6.45) is 0.729. The molecule has 0 radical (unpaired) electrons. The maximum absolute atomic E-state index is 13.3. The first-order valence-corrected chi connectivity index (χ1v) is 8.92. The lowest BCUT2D eigenvalue weighted by Crippen LogP contribution is -2.36. The number of halogens is 2. The van der Waals surface area contributed by atoms with E-state index in [0.29, 0.717) is 0 Å². The second-order valence-corrected chi connectivity index (χ2v) is 7.39. The van der Waals surface area contributed by atoms with Crippen molar-refractivity contribution in [1.82, 2.24) is 4.72 Å². The fourth-order valence-electron chi connectivity index (χ4n) is 2.05. The topological polar surface area (TPSA) is 92.4 Å². The molecule has 0 bridgehead atoms. The van der Waals surface area contributed by atoms with Crippen LogP contribution in [-0.2, 0) is 10.0 Å². The molecular formula is C13H20BrFN2O3S. The second-order valence-electron chi connectivity index (χ2n) is 4.80. The molecule has 0 fully saturated rings. The summed E-state index contributed by atoms with van der Waals surface area (Å²) in [4.78, 5) is -0.215. The monoisotopic (exact) mass is 382 g/mol. The molecule has 0 aliphatic rings. The second kappa shape index (κ2) is 7.53. The molecule has 1 unspecified atom stereocenters. The zero-order valence-corrected chi connectivity index (χ0v) is 14.3.